The summed E-state index contributed by atoms with van der Waals surface area (Å²) in [5.41, 5.74) is 1.25. The molecule has 0 bridgehead atoms. The molecule has 1 unspecified atom stereocenters. The number of aliphatic imine (C=N–C) groups is 1. The van der Waals surface area contributed by atoms with Crippen molar-refractivity contribution in [3.8, 4) is 0 Å². The van der Waals surface area contributed by atoms with Crippen molar-refractivity contribution in [1.29, 1.82) is 0 Å². The van der Waals surface area contributed by atoms with Gasteiger partial charge in [-0.05, 0) is 6.92 Å². The first-order valence-corrected chi connectivity index (χ1v) is 2.53. The van der Waals surface area contributed by atoms with Gasteiger partial charge in [-0.25, -0.2) is 0 Å². The summed E-state index contributed by atoms with van der Waals surface area (Å²) in [5.74, 6) is 0. The second kappa shape index (κ2) is 1.26. The molecule has 34 valence electrons. The molecule has 1 atom stereocenters. The molecule has 0 fully saturated rings. The molecule has 0 saturated carbocycles. The summed E-state index contributed by atoms with van der Waals surface area (Å²) >= 11 is 4.12. The minimum Gasteiger partial charge on any atom is -0.285 e. The van der Waals surface area contributed by atoms with Crippen LogP contribution in [0.15, 0.2) is 4.99 Å². The summed E-state index contributed by atoms with van der Waals surface area (Å²) in [5, 5.41) is 0.407. The fraction of sp³-hybridized carbons (Fsp3) is 0.750. The molecule has 1 aliphatic rings. The van der Waals surface area contributed by atoms with E-state index in [1.54, 1.807) is 0 Å². The van der Waals surface area contributed by atoms with Crippen molar-refractivity contribution in [1.82, 2.24) is 0 Å². The Balaban J connectivity index is 2.31. The van der Waals surface area contributed by atoms with Crippen LogP contribution >= 0.6 is 12.6 Å². The summed E-state index contributed by atoms with van der Waals surface area (Å²) in [7, 11) is 0. The molecule has 0 aromatic carbocycles. The number of rotatable bonds is 1. The monoisotopic (exact) mass is 101 g/mol. The first kappa shape index (κ1) is 4.19. The summed E-state index contributed by atoms with van der Waals surface area (Å²) in [6.45, 7) is 3.00. The van der Waals surface area contributed by atoms with Gasteiger partial charge in [0, 0.05) is 11.0 Å². The average Bonchev–Trinajstić information content (AvgIpc) is 2.06. The molecule has 0 aromatic rings. The maximum atomic E-state index is 4.12. The van der Waals surface area contributed by atoms with Gasteiger partial charge in [-0.15, -0.1) is 0 Å². The predicted molar refractivity (Wildman–Crippen MR) is 30.7 cm³/mol. The Labute approximate surface area is 42.9 Å². The lowest BCUT2D eigenvalue weighted by Gasteiger charge is -1.85. The molecular weight excluding hydrogens is 94.1 g/mol. The quantitative estimate of drug-likeness (QED) is 0.468. The minimum atomic E-state index is 0.407. The van der Waals surface area contributed by atoms with E-state index < -0.39 is 0 Å². The molecule has 0 aromatic heterocycles. The largest absolute Gasteiger partial charge is 0.285 e. The number of hydrogen-bond acceptors (Lipinski definition) is 2. The second-order valence-corrected chi connectivity index (χ2v) is 2.26. The summed E-state index contributed by atoms with van der Waals surface area (Å²) in [6.07, 6.45) is 0. The standard InChI is InChI=1S/C4H7NS/c1-3(6)4-2-5-4/h3,6H,2H2,1H3. The lowest BCUT2D eigenvalue weighted by Crippen LogP contribution is -1.96. The average molecular weight is 101 g/mol. The highest BCUT2D eigenvalue weighted by molar-refractivity contribution is 7.81. The van der Waals surface area contributed by atoms with E-state index in [1.807, 2.05) is 6.92 Å². The van der Waals surface area contributed by atoms with E-state index in [0.29, 0.717) is 5.25 Å². The highest BCUT2D eigenvalue weighted by Crippen LogP contribution is 2.06. The third-order valence-electron chi connectivity index (χ3n) is 0.823. The summed E-state index contributed by atoms with van der Waals surface area (Å²) in [4.78, 5) is 3.94. The lowest BCUT2D eigenvalue weighted by molar-refractivity contribution is 1.36. The van der Waals surface area contributed by atoms with Gasteiger partial charge in [-0.1, -0.05) is 0 Å². The van der Waals surface area contributed by atoms with Gasteiger partial charge >= 0.3 is 0 Å². The minimum absolute atomic E-state index is 0.407. The molecule has 0 saturated heterocycles. The first-order chi connectivity index (χ1) is 2.80. The van der Waals surface area contributed by atoms with Crippen LogP contribution in [0.5, 0.6) is 0 Å². The highest BCUT2D eigenvalue weighted by Gasteiger charge is 2.13. The molecular formula is C4H7NS. The van der Waals surface area contributed by atoms with E-state index in [0.717, 1.165) is 6.54 Å². The van der Waals surface area contributed by atoms with Crippen molar-refractivity contribution in [3.05, 3.63) is 0 Å². The molecule has 1 nitrogen and oxygen atoms in total. The molecule has 0 radical (unpaired) electrons. The smallest absolute Gasteiger partial charge is 0.0780 e. The second-order valence-electron chi connectivity index (χ2n) is 1.48. The summed E-state index contributed by atoms with van der Waals surface area (Å²) < 4.78 is 0. The van der Waals surface area contributed by atoms with Crippen LogP contribution < -0.4 is 0 Å². The Morgan fingerprint density at radius 1 is 2.00 bits per heavy atom. The van der Waals surface area contributed by atoms with E-state index in [2.05, 4.69) is 17.6 Å². The van der Waals surface area contributed by atoms with Crippen LogP contribution in [0.25, 0.3) is 0 Å². The van der Waals surface area contributed by atoms with E-state index in [9.17, 15) is 0 Å². The lowest BCUT2D eigenvalue weighted by atomic mass is 10.4. The Kier molecular flexibility index (Phi) is 0.880. The zero-order valence-electron chi connectivity index (χ0n) is 3.68. The zero-order chi connectivity index (χ0) is 4.57. The van der Waals surface area contributed by atoms with Crippen molar-refractivity contribution in [2.45, 2.75) is 12.2 Å². The summed E-state index contributed by atoms with van der Waals surface area (Å²) in [6, 6.07) is 0. The van der Waals surface area contributed by atoms with E-state index in [-0.39, 0.29) is 0 Å². The Morgan fingerprint density at radius 3 is 2.50 bits per heavy atom. The third kappa shape index (κ3) is 0.744. The van der Waals surface area contributed by atoms with Gasteiger partial charge in [0.05, 0.1) is 6.54 Å². The van der Waals surface area contributed by atoms with Gasteiger partial charge in [-0.2, -0.15) is 12.6 Å². The molecule has 0 spiro atoms. The van der Waals surface area contributed by atoms with Crippen molar-refractivity contribution in [3.63, 3.8) is 0 Å². The van der Waals surface area contributed by atoms with Crippen molar-refractivity contribution in [2.75, 3.05) is 6.54 Å². The number of hydrogen-bond donors (Lipinski definition) is 1. The van der Waals surface area contributed by atoms with Crippen molar-refractivity contribution < 1.29 is 0 Å². The fourth-order valence-corrected chi connectivity index (χ4v) is 0.473. The van der Waals surface area contributed by atoms with Crippen molar-refractivity contribution in [2.24, 2.45) is 4.99 Å². The van der Waals surface area contributed by atoms with Gasteiger partial charge in [-0.3, -0.25) is 4.99 Å². The van der Waals surface area contributed by atoms with Gasteiger partial charge in [0.2, 0.25) is 0 Å². The molecule has 0 aliphatic carbocycles. The first-order valence-electron chi connectivity index (χ1n) is 2.02. The van der Waals surface area contributed by atoms with Crippen LogP contribution in [-0.2, 0) is 0 Å². The van der Waals surface area contributed by atoms with Crippen LogP contribution in [0.3, 0.4) is 0 Å². The molecule has 2 heteroatoms. The predicted octanol–water partition coefficient (Wildman–Crippen LogP) is 0.759. The Bertz CT molecular complexity index is 85.5. The molecule has 6 heavy (non-hydrogen) atoms. The van der Waals surface area contributed by atoms with Crippen LogP contribution in [0.2, 0.25) is 0 Å². The Morgan fingerprint density at radius 2 is 2.50 bits per heavy atom. The number of thiol groups is 1. The molecule has 1 heterocycles. The van der Waals surface area contributed by atoms with Gasteiger partial charge in [0.15, 0.2) is 0 Å². The van der Waals surface area contributed by atoms with Gasteiger partial charge in [0.1, 0.15) is 0 Å². The molecule has 0 N–H and O–H groups in total. The fourth-order valence-electron chi connectivity index (χ4n) is 0.310. The van der Waals surface area contributed by atoms with Crippen LogP contribution in [0.4, 0.5) is 0 Å². The van der Waals surface area contributed by atoms with E-state index in [4.69, 9.17) is 0 Å². The molecule has 0 amide bonds. The maximum Gasteiger partial charge on any atom is 0.0780 e. The maximum absolute atomic E-state index is 4.12. The zero-order valence-corrected chi connectivity index (χ0v) is 4.57. The number of nitrogens with zero attached hydrogens (tertiary/aromatic N) is 1. The van der Waals surface area contributed by atoms with Crippen molar-refractivity contribution >= 4 is 18.3 Å². The Hall–Kier alpha value is 0.0200. The normalized spacial score (nSPS) is 22.7. The van der Waals surface area contributed by atoms with Crippen LogP contribution in [0.1, 0.15) is 6.92 Å². The topological polar surface area (TPSA) is 12.4 Å². The van der Waals surface area contributed by atoms with E-state index >= 15 is 0 Å². The van der Waals surface area contributed by atoms with Crippen LogP contribution in [0, 0.1) is 0 Å². The molecule has 1 aliphatic heterocycles. The SMILES string of the molecule is CC(S)C1=NC1. The van der Waals surface area contributed by atoms with Gasteiger partial charge < -0.3 is 0 Å². The highest BCUT2D eigenvalue weighted by atomic mass is 32.1. The van der Waals surface area contributed by atoms with Crippen LogP contribution in [-0.4, -0.2) is 17.5 Å². The van der Waals surface area contributed by atoms with E-state index in [1.165, 1.54) is 5.71 Å². The molecule has 1 rings (SSSR count). The third-order valence-corrected chi connectivity index (χ3v) is 1.12. The van der Waals surface area contributed by atoms with Gasteiger partial charge in [0.25, 0.3) is 0 Å².